The van der Waals surface area contributed by atoms with Crippen molar-refractivity contribution < 1.29 is 8.78 Å². The number of nitrogens with one attached hydrogen (secondary N) is 1. The summed E-state index contributed by atoms with van der Waals surface area (Å²) in [6.07, 6.45) is -2.44. The molecule has 0 aliphatic heterocycles. The van der Waals surface area contributed by atoms with E-state index in [1.807, 2.05) is 0 Å². The third kappa shape index (κ3) is 3.00. The van der Waals surface area contributed by atoms with Crippen molar-refractivity contribution in [3.63, 3.8) is 0 Å². The fourth-order valence-corrected chi connectivity index (χ4v) is 1.26. The van der Waals surface area contributed by atoms with Gasteiger partial charge in [0.1, 0.15) is 0 Å². The van der Waals surface area contributed by atoms with E-state index in [0.29, 0.717) is 15.7 Å². The molecular weight excluding hydrogens is 231 g/mol. The van der Waals surface area contributed by atoms with Crippen molar-refractivity contribution in [1.29, 1.82) is 0 Å². The Morgan fingerprint density at radius 3 is 2.50 bits per heavy atom. The lowest BCUT2D eigenvalue weighted by Gasteiger charge is -2.15. The highest BCUT2D eigenvalue weighted by Gasteiger charge is 2.15. The van der Waals surface area contributed by atoms with Crippen molar-refractivity contribution in [3.05, 3.63) is 28.2 Å². The summed E-state index contributed by atoms with van der Waals surface area (Å²) >= 11 is 11.5. The van der Waals surface area contributed by atoms with Gasteiger partial charge in [0.15, 0.2) is 0 Å². The molecule has 1 rings (SSSR count). The first-order valence-electron chi connectivity index (χ1n) is 4.00. The summed E-state index contributed by atoms with van der Waals surface area (Å²) in [5.41, 5.74) is 0.423. The average Bonchev–Trinajstić information content (AvgIpc) is 2.11. The number of halogens is 4. The van der Waals surface area contributed by atoms with Gasteiger partial charge in [-0.1, -0.05) is 23.2 Å². The van der Waals surface area contributed by atoms with Gasteiger partial charge in [-0.15, -0.1) is 0 Å². The van der Waals surface area contributed by atoms with E-state index in [2.05, 4.69) is 5.32 Å². The van der Waals surface area contributed by atoms with Gasteiger partial charge in [-0.3, -0.25) is 0 Å². The largest absolute Gasteiger partial charge is 0.376 e. The molecule has 0 saturated heterocycles. The second kappa shape index (κ2) is 4.80. The smallest absolute Gasteiger partial charge is 0.258 e. The predicted octanol–water partition coefficient (Wildman–Crippen LogP) is 4.06. The van der Waals surface area contributed by atoms with Crippen LogP contribution in [0, 0.1) is 0 Å². The Morgan fingerprint density at radius 1 is 1.29 bits per heavy atom. The standard InChI is InChI=1S/C9H9Cl2F2N/c1-5(9(12)13)14-8-4-6(10)2-3-7(8)11/h2-5,9,14H,1H3. The van der Waals surface area contributed by atoms with Crippen molar-refractivity contribution in [3.8, 4) is 0 Å². The van der Waals surface area contributed by atoms with Gasteiger partial charge in [0.2, 0.25) is 0 Å². The van der Waals surface area contributed by atoms with Gasteiger partial charge in [0.05, 0.1) is 16.8 Å². The lowest BCUT2D eigenvalue weighted by molar-refractivity contribution is 0.131. The Balaban J connectivity index is 2.80. The highest BCUT2D eigenvalue weighted by molar-refractivity contribution is 6.35. The Kier molecular flexibility index (Phi) is 3.96. The van der Waals surface area contributed by atoms with Crippen LogP contribution in [0.5, 0.6) is 0 Å². The molecule has 78 valence electrons. The lowest BCUT2D eigenvalue weighted by atomic mass is 10.2. The van der Waals surface area contributed by atoms with Gasteiger partial charge in [0.25, 0.3) is 6.43 Å². The second-order valence-corrected chi connectivity index (χ2v) is 3.74. The van der Waals surface area contributed by atoms with Crippen molar-refractivity contribution >= 4 is 28.9 Å². The predicted molar refractivity (Wildman–Crippen MR) is 55.6 cm³/mol. The summed E-state index contributed by atoms with van der Waals surface area (Å²) in [6.45, 7) is 1.38. The van der Waals surface area contributed by atoms with Crippen LogP contribution in [-0.4, -0.2) is 12.5 Å². The Labute approximate surface area is 91.0 Å². The quantitative estimate of drug-likeness (QED) is 0.839. The van der Waals surface area contributed by atoms with E-state index in [4.69, 9.17) is 23.2 Å². The Bertz CT molecular complexity index is 318. The Hall–Kier alpha value is -0.540. The van der Waals surface area contributed by atoms with Gasteiger partial charge >= 0.3 is 0 Å². The minimum absolute atomic E-state index is 0.377. The topological polar surface area (TPSA) is 12.0 Å². The SMILES string of the molecule is CC(Nc1cc(Cl)ccc1Cl)C(F)F. The van der Waals surface area contributed by atoms with Gasteiger partial charge in [-0.05, 0) is 25.1 Å². The summed E-state index contributed by atoms with van der Waals surface area (Å²) in [5.74, 6) is 0. The summed E-state index contributed by atoms with van der Waals surface area (Å²) in [5, 5.41) is 3.42. The first-order valence-corrected chi connectivity index (χ1v) is 4.76. The number of anilines is 1. The van der Waals surface area contributed by atoms with Gasteiger partial charge in [-0.25, -0.2) is 8.78 Å². The minimum Gasteiger partial charge on any atom is -0.376 e. The van der Waals surface area contributed by atoms with Crippen LogP contribution < -0.4 is 5.32 Å². The summed E-state index contributed by atoms with van der Waals surface area (Å²) < 4.78 is 24.4. The van der Waals surface area contributed by atoms with Crippen LogP contribution in [-0.2, 0) is 0 Å². The zero-order valence-electron chi connectivity index (χ0n) is 7.40. The molecule has 14 heavy (non-hydrogen) atoms. The van der Waals surface area contributed by atoms with E-state index in [9.17, 15) is 8.78 Å². The van der Waals surface area contributed by atoms with E-state index in [-0.39, 0.29) is 0 Å². The highest BCUT2D eigenvalue weighted by atomic mass is 35.5. The molecule has 0 bridgehead atoms. The third-order valence-electron chi connectivity index (χ3n) is 1.69. The van der Waals surface area contributed by atoms with Crippen LogP contribution in [0.3, 0.4) is 0 Å². The van der Waals surface area contributed by atoms with Crippen molar-refractivity contribution in [2.24, 2.45) is 0 Å². The fourth-order valence-electron chi connectivity index (χ4n) is 0.916. The maximum absolute atomic E-state index is 12.2. The number of benzene rings is 1. The van der Waals surface area contributed by atoms with Crippen molar-refractivity contribution in [1.82, 2.24) is 0 Å². The van der Waals surface area contributed by atoms with E-state index < -0.39 is 12.5 Å². The zero-order valence-corrected chi connectivity index (χ0v) is 8.91. The van der Waals surface area contributed by atoms with Crippen LogP contribution in [0.25, 0.3) is 0 Å². The molecule has 0 aromatic heterocycles. The Morgan fingerprint density at radius 2 is 1.93 bits per heavy atom. The van der Waals surface area contributed by atoms with Crippen LogP contribution in [0.1, 0.15) is 6.92 Å². The molecule has 1 unspecified atom stereocenters. The van der Waals surface area contributed by atoms with E-state index in [1.54, 1.807) is 12.1 Å². The maximum Gasteiger partial charge on any atom is 0.258 e. The fraction of sp³-hybridized carbons (Fsp3) is 0.333. The number of hydrogen-bond acceptors (Lipinski definition) is 1. The molecule has 1 nitrogen and oxygen atoms in total. The van der Waals surface area contributed by atoms with Gasteiger partial charge < -0.3 is 5.32 Å². The number of hydrogen-bond donors (Lipinski definition) is 1. The minimum atomic E-state index is -2.44. The molecule has 0 amide bonds. The van der Waals surface area contributed by atoms with Gasteiger partial charge in [0, 0.05) is 5.02 Å². The number of rotatable bonds is 3. The van der Waals surface area contributed by atoms with Crippen LogP contribution in [0.2, 0.25) is 10.0 Å². The van der Waals surface area contributed by atoms with E-state index >= 15 is 0 Å². The first kappa shape index (κ1) is 11.5. The molecule has 0 radical (unpaired) electrons. The maximum atomic E-state index is 12.2. The molecule has 0 fully saturated rings. The monoisotopic (exact) mass is 239 g/mol. The molecule has 0 spiro atoms. The molecule has 1 N–H and O–H groups in total. The molecular formula is C9H9Cl2F2N. The summed E-state index contributed by atoms with van der Waals surface area (Å²) in [4.78, 5) is 0. The molecule has 0 aliphatic carbocycles. The normalized spacial score (nSPS) is 13.0. The van der Waals surface area contributed by atoms with E-state index in [0.717, 1.165) is 0 Å². The first-order chi connectivity index (χ1) is 6.50. The average molecular weight is 240 g/mol. The van der Waals surface area contributed by atoms with Crippen LogP contribution in [0.15, 0.2) is 18.2 Å². The number of alkyl halides is 2. The third-order valence-corrected chi connectivity index (χ3v) is 2.25. The van der Waals surface area contributed by atoms with Crippen molar-refractivity contribution in [2.75, 3.05) is 5.32 Å². The zero-order chi connectivity index (χ0) is 10.7. The lowest BCUT2D eigenvalue weighted by Crippen LogP contribution is -2.23. The summed E-state index contributed by atoms with van der Waals surface area (Å²) in [6, 6.07) is 3.72. The summed E-state index contributed by atoms with van der Waals surface area (Å²) in [7, 11) is 0. The van der Waals surface area contributed by atoms with E-state index in [1.165, 1.54) is 13.0 Å². The second-order valence-electron chi connectivity index (χ2n) is 2.89. The van der Waals surface area contributed by atoms with Crippen LogP contribution >= 0.6 is 23.2 Å². The molecule has 0 aliphatic rings. The molecule has 0 heterocycles. The molecule has 1 aromatic rings. The highest BCUT2D eigenvalue weighted by Crippen LogP contribution is 2.26. The van der Waals surface area contributed by atoms with Crippen LogP contribution in [0.4, 0.5) is 14.5 Å². The van der Waals surface area contributed by atoms with Crippen molar-refractivity contribution in [2.45, 2.75) is 19.4 Å². The van der Waals surface area contributed by atoms with Gasteiger partial charge in [-0.2, -0.15) is 0 Å². The molecule has 1 aromatic carbocycles. The molecule has 0 saturated carbocycles. The molecule has 1 atom stereocenters. The molecule has 5 heteroatoms.